The van der Waals surface area contributed by atoms with Crippen LogP contribution in [0.25, 0.3) is 0 Å². The van der Waals surface area contributed by atoms with Gasteiger partial charge in [0.05, 0.1) is 17.1 Å². The number of fused-ring (bicyclic) bond motifs is 2. The molecule has 3 heterocycles. The maximum absolute atomic E-state index is 13.7. The molecule has 2 fully saturated rings. The molecule has 31 heavy (non-hydrogen) atoms. The first-order valence-corrected chi connectivity index (χ1v) is 12.3. The smallest absolute Gasteiger partial charge is 0.244 e. The number of benzene rings is 1. The van der Waals surface area contributed by atoms with Crippen molar-refractivity contribution in [2.24, 2.45) is 5.92 Å². The molecule has 0 radical (unpaired) electrons. The number of aliphatic hydroxyl groups is 1. The second kappa shape index (κ2) is 9.03. The largest absolute Gasteiger partial charge is 0.396 e. The van der Waals surface area contributed by atoms with E-state index in [0.29, 0.717) is 25.0 Å². The lowest BCUT2D eigenvalue weighted by Crippen LogP contribution is -2.55. The highest BCUT2D eigenvalue weighted by atomic mass is 35.5. The number of carbonyl (C=O) groups is 1. The minimum absolute atomic E-state index is 0.0513. The topological polar surface area (TPSA) is 90.8 Å². The van der Waals surface area contributed by atoms with E-state index in [1.165, 1.54) is 22.5 Å². The molecule has 4 rings (SSSR count). The minimum atomic E-state index is -4.07. The number of piperidine rings is 1. The SMILES string of the molecule is O=C1C2CCC[C@@H]([C@@H](CO)CN1Cc1ccccn1)N2S(=O)(=O)c1cc(Cl)cc(Cl)c1. The third-order valence-corrected chi connectivity index (χ3v) is 8.28. The molecule has 166 valence electrons. The zero-order valence-electron chi connectivity index (χ0n) is 16.7. The van der Waals surface area contributed by atoms with Crippen LogP contribution in [0.15, 0.2) is 47.5 Å². The standard InChI is InChI=1S/C21H23Cl2N3O4S/c22-15-8-16(23)10-18(9-15)31(29,30)26-19-5-3-6-20(26)21(28)25(11-14(19)13-27)12-17-4-1-2-7-24-17/h1-2,4,7-10,14,19-20,27H,3,5-6,11-13H2/t14-,19+,20?/m1/s1. The van der Waals surface area contributed by atoms with E-state index in [-0.39, 0.29) is 40.5 Å². The normalized spacial score (nSPS) is 24.8. The quantitative estimate of drug-likeness (QED) is 0.705. The molecule has 2 aliphatic heterocycles. The number of carbonyl (C=O) groups excluding carboxylic acids is 1. The van der Waals surface area contributed by atoms with Crippen LogP contribution in [0, 0.1) is 5.92 Å². The number of amides is 1. The van der Waals surface area contributed by atoms with E-state index in [0.717, 1.165) is 0 Å². The van der Waals surface area contributed by atoms with Gasteiger partial charge in [0.15, 0.2) is 0 Å². The first-order valence-electron chi connectivity index (χ1n) is 10.1. The number of pyridine rings is 1. The second-order valence-corrected chi connectivity index (χ2v) is 10.7. The van der Waals surface area contributed by atoms with E-state index >= 15 is 0 Å². The monoisotopic (exact) mass is 483 g/mol. The lowest BCUT2D eigenvalue weighted by Gasteiger charge is -2.40. The molecule has 1 amide bonds. The van der Waals surface area contributed by atoms with Crippen LogP contribution < -0.4 is 0 Å². The molecular formula is C21H23Cl2N3O4S. The van der Waals surface area contributed by atoms with E-state index in [2.05, 4.69) is 4.98 Å². The summed E-state index contributed by atoms with van der Waals surface area (Å²) in [5.41, 5.74) is 0.708. The van der Waals surface area contributed by atoms with Crippen LogP contribution in [0.3, 0.4) is 0 Å². The van der Waals surface area contributed by atoms with Crippen LogP contribution in [0.5, 0.6) is 0 Å². The van der Waals surface area contributed by atoms with Crippen LogP contribution in [0.1, 0.15) is 25.0 Å². The molecule has 0 spiro atoms. The van der Waals surface area contributed by atoms with Crippen molar-refractivity contribution < 1.29 is 18.3 Å². The van der Waals surface area contributed by atoms with Gasteiger partial charge in [0.25, 0.3) is 0 Å². The van der Waals surface area contributed by atoms with Gasteiger partial charge in [-0.1, -0.05) is 29.3 Å². The molecule has 1 N–H and O–H groups in total. The van der Waals surface area contributed by atoms with Crippen molar-refractivity contribution in [3.05, 3.63) is 58.3 Å². The molecule has 7 nitrogen and oxygen atoms in total. The highest BCUT2D eigenvalue weighted by Crippen LogP contribution is 2.38. The molecule has 2 aliphatic rings. The van der Waals surface area contributed by atoms with Gasteiger partial charge in [-0.05, 0) is 49.6 Å². The summed E-state index contributed by atoms with van der Waals surface area (Å²) in [5, 5.41) is 10.5. The van der Waals surface area contributed by atoms with Gasteiger partial charge >= 0.3 is 0 Å². The first kappa shape index (κ1) is 22.5. The summed E-state index contributed by atoms with van der Waals surface area (Å²) in [6.45, 7) is 0.289. The summed E-state index contributed by atoms with van der Waals surface area (Å²) in [7, 11) is -4.07. The van der Waals surface area contributed by atoms with Crippen LogP contribution in [0.4, 0.5) is 0 Å². The van der Waals surface area contributed by atoms with Gasteiger partial charge in [-0.15, -0.1) is 0 Å². The molecule has 10 heteroatoms. The lowest BCUT2D eigenvalue weighted by atomic mass is 9.91. The molecule has 1 aromatic heterocycles. The maximum atomic E-state index is 13.7. The van der Waals surface area contributed by atoms with E-state index in [4.69, 9.17) is 23.2 Å². The Balaban J connectivity index is 1.75. The van der Waals surface area contributed by atoms with Crippen LogP contribution in [-0.4, -0.2) is 58.9 Å². The summed E-state index contributed by atoms with van der Waals surface area (Å²) in [4.78, 5) is 19.4. The van der Waals surface area contributed by atoms with E-state index < -0.39 is 28.0 Å². The fourth-order valence-corrected chi connectivity index (χ4v) is 7.16. The van der Waals surface area contributed by atoms with Gasteiger partial charge in [0.2, 0.25) is 15.9 Å². The third kappa shape index (κ3) is 4.45. The molecule has 3 atom stereocenters. The lowest BCUT2D eigenvalue weighted by molar-refractivity contribution is -0.135. The van der Waals surface area contributed by atoms with Gasteiger partial charge in [-0.2, -0.15) is 4.31 Å². The molecule has 0 saturated carbocycles. The fourth-order valence-electron chi connectivity index (χ4n) is 4.54. The summed E-state index contributed by atoms with van der Waals surface area (Å²) in [6.07, 6.45) is 3.34. The number of hydrogen-bond donors (Lipinski definition) is 1. The Morgan fingerprint density at radius 2 is 1.87 bits per heavy atom. The van der Waals surface area contributed by atoms with Crippen molar-refractivity contribution in [3.8, 4) is 0 Å². The summed E-state index contributed by atoms with van der Waals surface area (Å²) >= 11 is 12.1. The zero-order valence-corrected chi connectivity index (χ0v) is 19.0. The Morgan fingerprint density at radius 1 is 1.13 bits per heavy atom. The Morgan fingerprint density at radius 3 is 2.52 bits per heavy atom. The zero-order chi connectivity index (χ0) is 22.2. The average Bonchev–Trinajstić information content (AvgIpc) is 2.81. The van der Waals surface area contributed by atoms with Gasteiger partial charge in [-0.25, -0.2) is 8.42 Å². The van der Waals surface area contributed by atoms with Crippen molar-refractivity contribution >= 4 is 39.1 Å². The summed E-state index contributed by atoms with van der Waals surface area (Å²) < 4.78 is 28.6. The number of aliphatic hydroxyl groups excluding tert-OH is 1. The predicted molar refractivity (Wildman–Crippen MR) is 117 cm³/mol. The van der Waals surface area contributed by atoms with Crippen molar-refractivity contribution in [1.82, 2.24) is 14.2 Å². The molecule has 2 bridgehead atoms. The van der Waals surface area contributed by atoms with E-state index in [1.54, 1.807) is 17.2 Å². The number of halogens is 2. The Bertz CT molecular complexity index is 1050. The predicted octanol–water partition coefficient (Wildman–Crippen LogP) is 2.95. The summed E-state index contributed by atoms with van der Waals surface area (Å²) in [6, 6.07) is 8.25. The molecule has 0 aliphatic carbocycles. The van der Waals surface area contributed by atoms with E-state index in [9.17, 15) is 18.3 Å². The first-order chi connectivity index (χ1) is 14.8. The Kier molecular flexibility index (Phi) is 6.55. The van der Waals surface area contributed by atoms with Crippen molar-refractivity contribution in [1.29, 1.82) is 0 Å². The van der Waals surface area contributed by atoms with Crippen LogP contribution in [0.2, 0.25) is 10.0 Å². The van der Waals surface area contributed by atoms with E-state index in [1.807, 2.05) is 12.1 Å². The highest BCUT2D eigenvalue weighted by molar-refractivity contribution is 7.89. The molecule has 1 unspecified atom stereocenters. The fraction of sp³-hybridized carbons (Fsp3) is 0.429. The van der Waals surface area contributed by atoms with Gasteiger partial charge in [0, 0.05) is 41.4 Å². The molecule has 2 saturated heterocycles. The number of nitrogens with zero attached hydrogens (tertiary/aromatic N) is 3. The van der Waals surface area contributed by atoms with Crippen LogP contribution in [-0.2, 0) is 21.4 Å². The number of aromatic nitrogens is 1. The highest BCUT2D eigenvalue weighted by Gasteiger charge is 2.50. The van der Waals surface area contributed by atoms with Gasteiger partial charge < -0.3 is 10.0 Å². The Labute approximate surface area is 191 Å². The molecular weight excluding hydrogens is 461 g/mol. The molecule has 2 aromatic rings. The summed E-state index contributed by atoms with van der Waals surface area (Å²) in [5.74, 6) is -0.689. The second-order valence-electron chi connectivity index (χ2n) is 7.94. The van der Waals surface area contributed by atoms with Crippen molar-refractivity contribution in [3.63, 3.8) is 0 Å². The van der Waals surface area contributed by atoms with Gasteiger partial charge in [-0.3, -0.25) is 9.78 Å². The van der Waals surface area contributed by atoms with Crippen LogP contribution >= 0.6 is 23.2 Å². The van der Waals surface area contributed by atoms with Crippen molar-refractivity contribution in [2.45, 2.75) is 42.8 Å². The van der Waals surface area contributed by atoms with Crippen molar-refractivity contribution in [2.75, 3.05) is 13.2 Å². The number of hydrogen-bond acceptors (Lipinski definition) is 5. The average molecular weight is 484 g/mol. The molecule has 1 aromatic carbocycles. The minimum Gasteiger partial charge on any atom is -0.396 e. The maximum Gasteiger partial charge on any atom is 0.244 e. The van der Waals surface area contributed by atoms with Gasteiger partial charge in [0.1, 0.15) is 6.04 Å². The Hall–Kier alpha value is -1.71. The third-order valence-electron chi connectivity index (χ3n) is 5.93. The number of rotatable bonds is 5. The number of sulfonamides is 1.